The van der Waals surface area contributed by atoms with E-state index < -0.39 is 0 Å². The average molecular weight is 245 g/mol. The minimum absolute atomic E-state index is 0.0213. The molecular formula is C13H15N3O2. The summed E-state index contributed by atoms with van der Waals surface area (Å²) in [6, 6.07) is 5.96. The second kappa shape index (κ2) is 4.33. The van der Waals surface area contributed by atoms with Gasteiger partial charge in [0.2, 0.25) is 5.91 Å². The van der Waals surface area contributed by atoms with E-state index in [1.807, 2.05) is 25.1 Å². The number of carbonyl (C=O) groups excluding carboxylic acids is 1. The molecule has 2 aliphatic heterocycles. The number of fused-ring (bicyclic) bond motifs is 1. The van der Waals surface area contributed by atoms with Crippen molar-refractivity contribution < 1.29 is 9.53 Å². The van der Waals surface area contributed by atoms with Gasteiger partial charge in [0.15, 0.2) is 0 Å². The summed E-state index contributed by atoms with van der Waals surface area (Å²) in [6.45, 7) is 2.84. The number of hydrogen-bond donors (Lipinski definition) is 2. The number of carbonyl (C=O) groups is 1. The van der Waals surface area contributed by atoms with Crippen molar-refractivity contribution in [2.45, 2.75) is 25.9 Å². The number of rotatable bonds is 1. The molecule has 0 fully saturated rings. The average Bonchev–Trinajstić information content (AvgIpc) is 2.39. The number of amides is 1. The van der Waals surface area contributed by atoms with Gasteiger partial charge in [0.25, 0.3) is 0 Å². The molecule has 18 heavy (non-hydrogen) atoms. The Hall–Kier alpha value is -2.04. The molecule has 2 N–H and O–H groups in total. The lowest BCUT2D eigenvalue weighted by Crippen LogP contribution is -2.28. The first-order valence-corrected chi connectivity index (χ1v) is 6.13. The van der Waals surface area contributed by atoms with Gasteiger partial charge in [0, 0.05) is 18.4 Å². The molecule has 1 atom stereocenters. The summed E-state index contributed by atoms with van der Waals surface area (Å²) < 4.78 is 5.72. The van der Waals surface area contributed by atoms with Crippen LogP contribution in [0, 0.1) is 0 Å². The number of anilines is 1. The Balaban J connectivity index is 1.88. The first kappa shape index (κ1) is 11.1. The summed E-state index contributed by atoms with van der Waals surface area (Å²) in [5.74, 6) is 0.852. The molecular weight excluding hydrogens is 230 g/mol. The van der Waals surface area contributed by atoms with Crippen LogP contribution in [0.3, 0.4) is 0 Å². The van der Waals surface area contributed by atoms with Crippen LogP contribution in [0.25, 0.3) is 0 Å². The molecule has 1 aromatic carbocycles. The highest BCUT2D eigenvalue weighted by Crippen LogP contribution is 2.30. The number of hydrogen-bond acceptors (Lipinski definition) is 4. The normalized spacial score (nSPS) is 22.2. The Morgan fingerprint density at radius 3 is 3.06 bits per heavy atom. The lowest BCUT2D eigenvalue weighted by molar-refractivity contribution is -0.121. The molecule has 94 valence electrons. The van der Waals surface area contributed by atoms with Gasteiger partial charge in [-0.05, 0) is 25.1 Å². The fraction of sp³-hybridized carbons (Fsp3) is 0.385. The van der Waals surface area contributed by atoms with Crippen molar-refractivity contribution in [3.05, 3.63) is 23.8 Å². The molecule has 0 saturated heterocycles. The fourth-order valence-electron chi connectivity index (χ4n) is 2.14. The maximum absolute atomic E-state index is 11.1. The molecule has 2 heterocycles. The van der Waals surface area contributed by atoms with Crippen LogP contribution in [0.15, 0.2) is 23.3 Å². The minimum atomic E-state index is -0.0213. The van der Waals surface area contributed by atoms with Crippen LogP contribution < -0.4 is 15.5 Å². The van der Waals surface area contributed by atoms with Crippen LogP contribution >= 0.6 is 0 Å². The van der Waals surface area contributed by atoms with Gasteiger partial charge in [-0.15, -0.1) is 0 Å². The summed E-state index contributed by atoms with van der Waals surface area (Å²) in [5.41, 5.74) is 5.45. The Morgan fingerprint density at radius 2 is 2.28 bits per heavy atom. The third-order valence-electron chi connectivity index (χ3n) is 3.13. The number of benzene rings is 1. The molecule has 2 aliphatic rings. The van der Waals surface area contributed by atoms with E-state index in [2.05, 4.69) is 15.8 Å². The Bertz CT molecular complexity index is 525. The van der Waals surface area contributed by atoms with Crippen LogP contribution in [0.1, 0.15) is 25.3 Å². The summed E-state index contributed by atoms with van der Waals surface area (Å²) in [7, 11) is 0. The molecule has 3 rings (SSSR count). The molecule has 5 heteroatoms. The maximum atomic E-state index is 11.1. The van der Waals surface area contributed by atoms with Crippen molar-refractivity contribution in [2.24, 2.45) is 5.10 Å². The smallest absolute Gasteiger partial charge is 0.240 e. The minimum Gasteiger partial charge on any atom is -0.487 e. The van der Waals surface area contributed by atoms with E-state index in [4.69, 9.17) is 4.74 Å². The highest BCUT2D eigenvalue weighted by atomic mass is 16.5. The van der Waals surface area contributed by atoms with Crippen LogP contribution in [0.2, 0.25) is 0 Å². The van der Waals surface area contributed by atoms with Gasteiger partial charge in [-0.3, -0.25) is 4.79 Å². The first-order valence-electron chi connectivity index (χ1n) is 6.13. The van der Waals surface area contributed by atoms with E-state index in [1.54, 1.807) is 0 Å². The van der Waals surface area contributed by atoms with E-state index in [-0.39, 0.29) is 12.0 Å². The summed E-state index contributed by atoms with van der Waals surface area (Å²) in [6.07, 6.45) is 1.37. The largest absolute Gasteiger partial charge is 0.487 e. The fourth-order valence-corrected chi connectivity index (χ4v) is 2.14. The zero-order valence-electron chi connectivity index (χ0n) is 10.2. The lowest BCUT2D eigenvalue weighted by atomic mass is 10.0. The van der Waals surface area contributed by atoms with Gasteiger partial charge < -0.3 is 10.1 Å². The quantitative estimate of drug-likeness (QED) is 0.788. The standard InChI is InChI=1S/C13H15N3O2/c1-8-7-14-11-6-9(2-4-12(11)18-8)10-3-5-13(17)16-15-10/h2,4,6,8,14H,3,5,7H2,1H3,(H,16,17). The lowest BCUT2D eigenvalue weighted by Gasteiger charge is -2.25. The molecule has 0 bridgehead atoms. The molecule has 0 aliphatic carbocycles. The third-order valence-corrected chi connectivity index (χ3v) is 3.13. The van der Waals surface area contributed by atoms with Gasteiger partial charge in [-0.25, -0.2) is 5.43 Å². The molecule has 1 amide bonds. The van der Waals surface area contributed by atoms with E-state index in [1.165, 1.54) is 0 Å². The predicted molar refractivity (Wildman–Crippen MR) is 68.9 cm³/mol. The maximum Gasteiger partial charge on any atom is 0.240 e. The number of hydrazone groups is 1. The number of nitrogens with one attached hydrogen (secondary N) is 2. The zero-order chi connectivity index (χ0) is 12.5. The van der Waals surface area contributed by atoms with Crippen LogP contribution in [0.5, 0.6) is 5.75 Å². The van der Waals surface area contributed by atoms with Crippen LogP contribution in [-0.2, 0) is 4.79 Å². The molecule has 1 aromatic rings. The van der Waals surface area contributed by atoms with Gasteiger partial charge in [-0.2, -0.15) is 5.10 Å². The second-order valence-corrected chi connectivity index (χ2v) is 4.61. The van der Waals surface area contributed by atoms with Crippen molar-refractivity contribution in [3.63, 3.8) is 0 Å². The summed E-state index contributed by atoms with van der Waals surface area (Å²) in [4.78, 5) is 11.1. The highest BCUT2D eigenvalue weighted by Gasteiger charge is 2.18. The number of ether oxygens (including phenoxy) is 1. The Morgan fingerprint density at radius 1 is 1.39 bits per heavy atom. The molecule has 0 saturated carbocycles. The molecule has 0 spiro atoms. The topological polar surface area (TPSA) is 62.7 Å². The van der Waals surface area contributed by atoms with Gasteiger partial charge in [-0.1, -0.05) is 0 Å². The SMILES string of the molecule is CC1CNc2cc(C3=NNC(=O)CC3)ccc2O1. The molecule has 1 unspecified atom stereocenters. The van der Waals surface area contributed by atoms with Crippen LogP contribution in [0.4, 0.5) is 5.69 Å². The Kier molecular flexibility index (Phi) is 2.66. The Labute approximate surface area is 105 Å². The van der Waals surface area contributed by atoms with Crippen LogP contribution in [-0.4, -0.2) is 24.3 Å². The van der Waals surface area contributed by atoms with Gasteiger partial charge in [0.05, 0.1) is 17.9 Å². The highest BCUT2D eigenvalue weighted by molar-refractivity contribution is 6.04. The van der Waals surface area contributed by atoms with Crippen molar-refractivity contribution in [2.75, 3.05) is 11.9 Å². The third kappa shape index (κ3) is 2.03. The number of nitrogens with zero attached hydrogens (tertiary/aromatic N) is 1. The second-order valence-electron chi connectivity index (χ2n) is 4.61. The summed E-state index contributed by atoms with van der Waals surface area (Å²) >= 11 is 0. The van der Waals surface area contributed by atoms with Crippen molar-refractivity contribution in [3.8, 4) is 5.75 Å². The van der Waals surface area contributed by atoms with Crippen molar-refractivity contribution in [1.29, 1.82) is 0 Å². The van der Waals surface area contributed by atoms with E-state index in [0.717, 1.165) is 29.3 Å². The van der Waals surface area contributed by atoms with E-state index >= 15 is 0 Å². The van der Waals surface area contributed by atoms with Crippen molar-refractivity contribution in [1.82, 2.24) is 5.43 Å². The zero-order valence-corrected chi connectivity index (χ0v) is 10.2. The monoisotopic (exact) mass is 245 g/mol. The molecule has 5 nitrogen and oxygen atoms in total. The molecule has 0 aromatic heterocycles. The van der Waals surface area contributed by atoms with Gasteiger partial charge in [0.1, 0.15) is 11.9 Å². The predicted octanol–water partition coefficient (Wildman–Crippen LogP) is 1.49. The first-order chi connectivity index (χ1) is 8.72. The molecule has 0 radical (unpaired) electrons. The van der Waals surface area contributed by atoms with Crippen molar-refractivity contribution >= 4 is 17.3 Å². The van der Waals surface area contributed by atoms with Gasteiger partial charge >= 0.3 is 0 Å². The summed E-state index contributed by atoms with van der Waals surface area (Å²) in [5, 5.41) is 7.43. The van der Waals surface area contributed by atoms with E-state index in [0.29, 0.717) is 12.8 Å². The van der Waals surface area contributed by atoms with E-state index in [9.17, 15) is 4.79 Å².